The Morgan fingerprint density at radius 2 is 2.16 bits per heavy atom. The van der Waals surface area contributed by atoms with Crippen LogP contribution in [0.25, 0.3) is 21.9 Å². The second-order valence-corrected chi connectivity index (χ2v) is 7.96. The molecule has 166 valence electrons. The molecular formula is C22H23FN6O3. The van der Waals surface area contributed by atoms with Crippen molar-refractivity contribution in [3.8, 4) is 17.0 Å². The number of nitrogens with one attached hydrogen (secondary N) is 1. The Balaban J connectivity index is 1.55. The summed E-state index contributed by atoms with van der Waals surface area (Å²) in [7, 11) is 0. The first-order valence-corrected chi connectivity index (χ1v) is 10.4. The van der Waals surface area contributed by atoms with Crippen molar-refractivity contribution in [3.63, 3.8) is 0 Å². The molecule has 0 bridgehead atoms. The van der Waals surface area contributed by atoms with Gasteiger partial charge < -0.3 is 31.2 Å². The van der Waals surface area contributed by atoms with Gasteiger partial charge in [0.05, 0.1) is 12.2 Å². The van der Waals surface area contributed by atoms with E-state index in [0.29, 0.717) is 60.9 Å². The maximum absolute atomic E-state index is 15.3. The quantitative estimate of drug-likeness (QED) is 0.533. The van der Waals surface area contributed by atoms with Gasteiger partial charge in [0, 0.05) is 48.4 Å². The van der Waals surface area contributed by atoms with E-state index in [1.54, 1.807) is 18.5 Å². The predicted molar refractivity (Wildman–Crippen MR) is 119 cm³/mol. The number of primary amides is 1. The summed E-state index contributed by atoms with van der Waals surface area (Å²) in [6, 6.07) is 3.63. The van der Waals surface area contributed by atoms with Gasteiger partial charge in [0.2, 0.25) is 5.88 Å². The Kier molecular flexibility index (Phi) is 4.84. The fourth-order valence-corrected chi connectivity index (χ4v) is 4.34. The van der Waals surface area contributed by atoms with Crippen LogP contribution in [0.1, 0.15) is 12.0 Å². The number of nitrogens with two attached hydrogens (primary N) is 2. The van der Waals surface area contributed by atoms with E-state index >= 15 is 4.39 Å². The molecule has 1 aromatic carbocycles. The summed E-state index contributed by atoms with van der Waals surface area (Å²) in [5, 5.41) is 4.56. The largest absolute Gasteiger partial charge is 0.474 e. The molecule has 1 fully saturated rings. The van der Waals surface area contributed by atoms with Crippen molar-refractivity contribution >= 4 is 34.1 Å². The minimum absolute atomic E-state index is 0.0363. The van der Waals surface area contributed by atoms with E-state index in [0.717, 1.165) is 16.6 Å². The number of ether oxygens (including phenoxy) is 2. The van der Waals surface area contributed by atoms with E-state index in [1.807, 2.05) is 17.9 Å². The number of pyridine rings is 2. The molecule has 0 spiro atoms. The average molecular weight is 438 g/mol. The van der Waals surface area contributed by atoms with Crippen molar-refractivity contribution in [3.05, 3.63) is 35.9 Å². The maximum atomic E-state index is 15.3. The van der Waals surface area contributed by atoms with Crippen molar-refractivity contribution in [1.82, 2.24) is 9.97 Å². The topological polar surface area (TPSA) is 129 Å². The van der Waals surface area contributed by atoms with Crippen LogP contribution in [0.15, 0.2) is 24.5 Å². The molecule has 1 saturated heterocycles. The van der Waals surface area contributed by atoms with Gasteiger partial charge >= 0.3 is 6.09 Å². The van der Waals surface area contributed by atoms with E-state index in [2.05, 4.69) is 15.3 Å². The van der Waals surface area contributed by atoms with Crippen molar-refractivity contribution in [1.29, 1.82) is 0 Å². The second-order valence-electron chi connectivity index (χ2n) is 7.96. The van der Waals surface area contributed by atoms with E-state index in [1.165, 1.54) is 0 Å². The van der Waals surface area contributed by atoms with Crippen molar-refractivity contribution in [2.75, 3.05) is 42.2 Å². The molecule has 5 rings (SSSR count). The third kappa shape index (κ3) is 3.37. The molecule has 32 heavy (non-hydrogen) atoms. The van der Waals surface area contributed by atoms with Crippen molar-refractivity contribution in [2.45, 2.75) is 19.4 Å². The van der Waals surface area contributed by atoms with Gasteiger partial charge in [0.15, 0.2) is 5.82 Å². The number of aromatic nitrogens is 2. The molecule has 0 saturated carbocycles. The smallest absolute Gasteiger partial charge is 0.404 e. The highest BCUT2D eigenvalue weighted by Crippen LogP contribution is 2.40. The first kappa shape index (κ1) is 20.1. The maximum Gasteiger partial charge on any atom is 0.404 e. The highest BCUT2D eigenvalue weighted by atomic mass is 19.1. The van der Waals surface area contributed by atoms with E-state index < -0.39 is 11.9 Å². The zero-order valence-electron chi connectivity index (χ0n) is 17.5. The second kappa shape index (κ2) is 7.70. The zero-order chi connectivity index (χ0) is 22.4. The monoisotopic (exact) mass is 438 g/mol. The fourth-order valence-electron chi connectivity index (χ4n) is 4.34. The number of nitrogens with zero attached hydrogens (tertiary/aromatic N) is 3. The van der Waals surface area contributed by atoms with Crippen LogP contribution in [0.2, 0.25) is 0 Å². The molecule has 2 aliphatic heterocycles. The van der Waals surface area contributed by atoms with Crippen LogP contribution in [-0.4, -0.2) is 48.4 Å². The van der Waals surface area contributed by atoms with Crippen molar-refractivity contribution in [2.24, 2.45) is 5.73 Å². The van der Waals surface area contributed by atoms with Gasteiger partial charge in [-0.2, -0.15) is 0 Å². The van der Waals surface area contributed by atoms with Gasteiger partial charge in [0.25, 0.3) is 0 Å². The van der Waals surface area contributed by atoms with E-state index in [9.17, 15) is 4.79 Å². The molecule has 0 radical (unpaired) electrons. The summed E-state index contributed by atoms with van der Waals surface area (Å²) < 4.78 is 26.0. The van der Waals surface area contributed by atoms with Crippen molar-refractivity contribution < 1.29 is 18.7 Å². The van der Waals surface area contributed by atoms with Crippen LogP contribution in [0, 0.1) is 12.7 Å². The van der Waals surface area contributed by atoms with Gasteiger partial charge in [-0.3, -0.25) is 0 Å². The van der Waals surface area contributed by atoms with Gasteiger partial charge in [-0.25, -0.2) is 19.2 Å². The summed E-state index contributed by atoms with van der Waals surface area (Å²) in [6.45, 7) is 4.25. The number of rotatable bonds is 3. The van der Waals surface area contributed by atoms with Crippen LogP contribution < -0.4 is 26.4 Å². The molecule has 2 aliphatic rings. The number of hydrogen-bond acceptors (Lipinski definition) is 8. The molecule has 0 aliphatic carbocycles. The molecule has 9 nitrogen and oxygen atoms in total. The van der Waals surface area contributed by atoms with Crippen LogP contribution >= 0.6 is 0 Å². The highest BCUT2D eigenvalue weighted by molar-refractivity contribution is 5.98. The average Bonchev–Trinajstić information content (AvgIpc) is 3.24. The van der Waals surface area contributed by atoms with Crippen LogP contribution in [0.5, 0.6) is 5.88 Å². The number of benzene rings is 1. The van der Waals surface area contributed by atoms with E-state index in [4.69, 9.17) is 20.9 Å². The number of nitrogen functional groups attached to an aromatic ring is 1. The number of halogens is 1. The third-order valence-electron chi connectivity index (χ3n) is 5.97. The molecule has 4 heterocycles. The Labute approximate surface area is 183 Å². The molecular weight excluding hydrogens is 415 g/mol. The lowest BCUT2D eigenvalue weighted by molar-refractivity contribution is 0.117. The van der Waals surface area contributed by atoms with Gasteiger partial charge in [0.1, 0.15) is 24.2 Å². The number of anilines is 3. The Hall–Kier alpha value is -3.82. The Morgan fingerprint density at radius 1 is 1.31 bits per heavy atom. The van der Waals surface area contributed by atoms with E-state index in [-0.39, 0.29) is 11.8 Å². The van der Waals surface area contributed by atoms with Crippen LogP contribution in [0.4, 0.5) is 26.4 Å². The first-order chi connectivity index (χ1) is 15.4. The van der Waals surface area contributed by atoms with Crippen LogP contribution in [0.3, 0.4) is 0 Å². The molecule has 3 aromatic rings. The standard InChI is InChI=1S/C22H23FN6O3/c1-11-15(8-28-21-20(11)26-3-5-31-21)14-6-12-7-17(27-9-16(12)19(24)18(14)23)29-4-2-13(10-29)32-22(25)30/h6-9,13,26H,2-5,10,24H2,1H3,(H2,25,30). The van der Waals surface area contributed by atoms with Gasteiger partial charge in [-0.15, -0.1) is 0 Å². The fraction of sp³-hybridized carbons (Fsp3) is 0.318. The minimum atomic E-state index is -0.787. The first-order valence-electron chi connectivity index (χ1n) is 10.4. The molecule has 1 unspecified atom stereocenters. The summed E-state index contributed by atoms with van der Waals surface area (Å²) in [5.74, 6) is 0.699. The number of carbonyl (C=O) groups is 1. The predicted octanol–water partition coefficient (Wildman–Crippen LogP) is 2.80. The van der Waals surface area contributed by atoms with Gasteiger partial charge in [-0.05, 0) is 30.0 Å². The highest BCUT2D eigenvalue weighted by Gasteiger charge is 2.27. The van der Waals surface area contributed by atoms with Gasteiger partial charge in [-0.1, -0.05) is 0 Å². The Bertz CT molecular complexity index is 1230. The number of carbonyl (C=O) groups excluding carboxylic acids is 1. The molecule has 2 aromatic heterocycles. The summed E-state index contributed by atoms with van der Waals surface area (Å²) in [6.07, 6.45) is 2.78. The Morgan fingerprint density at radius 3 is 2.97 bits per heavy atom. The SMILES string of the molecule is Cc1c(-c2cc3cc(N4CCC(OC(N)=O)C4)ncc3c(N)c2F)cnc2c1NCCO2. The number of hydrogen-bond donors (Lipinski definition) is 3. The minimum Gasteiger partial charge on any atom is -0.474 e. The van der Waals surface area contributed by atoms with Crippen LogP contribution in [-0.2, 0) is 4.74 Å². The lowest BCUT2D eigenvalue weighted by atomic mass is 9.97. The molecule has 1 atom stereocenters. The zero-order valence-corrected chi connectivity index (χ0v) is 17.5. The molecule has 5 N–H and O–H groups in total. The summed E-state index contributed by atoms with van der Waals surface area (Å²) in [5.41, 5.74) is 13.9. The summed E-state index contributed by atoms with van der Waals surface area (Å²) >= 11 is 0. The lowest BCUT2D eigenvalue weighted by Crippen LogP contribution is -2.27. The molecule has 10 heteroatoms. The third-order valence-corrected chi connectivity index (χ3v) is 5.97. The molecule has 1 amide bonds. The lowest BCUT2D eigenvalue weighted by Gasteiger charge is -2.22. The number of fused-ring (bicyclic) bond motifs is 2. The normalized spacial score (nSPS) is 17.6. The summed E-state index contributed by atoms with van der Waals surface area (Å²) in [4.78, 5) is 21.8. The number of amides is 1.